The van der Waals surface area contributed by atoms with Crippen molar-refractivity contribution in [2.45, 2.75) is 18.9 Å². The van der Waals surface area contributed by atoms with Gasteiger partial charge >= 0.3 is 0 Å². The summed E-state index contributed by atoms with van der Waals surface area (Å²) in [5.41, 5.74) is 6.72. The zero-order valence-corrected chi connectivity index (χ0v) is 12.1. The Labute approximate surface area is 123 Å². The van der Waals surface area contributed by atoms with Gasteiger partial charge in [-0.3, -0.25) is 0 Å². The molecule has 0 saturated heterocycles. The number of hydrogen-bond donors (Lipinski definition) is 1. The third-order valence-corrected chi connectivity index (χ3v) is 3.63. The second-order valence-corrected chi connectivity index (χ2v) is 5.47. The fourth-order valence-electron chi connectivity index (χ4n) is 2.01. The molecule has 0 bridgehead atoms. The molecule has 0 aliphatic heterocycles. The molecule has 20 heavy (non-hydrogen) atoms. The van der Waals surface area contributed by atoms with Crippen molar-refractivity contribution < 1.29 is 13.2 Å². The molecule has 0 heterocycles. The summed E-state index contributed by atoms with van der Waals surface area (Å²) in [7, 11) is 0. The number of rotatable bonds is 4. The first-order valence-electron chi connectivity index (χ1n) is 6.09. The van der Waals surface area contributed by atoms with Crippen molar-refractivity contribution in [3.8, 4) is 0 Å². The molecule has 5 heteroatoms. The first kappa shape index (κ1) is 15.1. The van der Waals surface area contributed by atoms with Gasteiger partial charge in [0.25, 0.3) is 0 Å². The van der Waals surface area contributed by atoms with Gasteiger partial charge in [-0.1, -0.05) is 12.1 Å². The lowest BCUT2D eigenvalue weighted by atomic mass is 9.99. The SMILES string of the molecule is NC(Cc1ccc(F)cc1)Cc1c(F)ccc(Br)c1F. The van der Waals surface area contributed by atoms with Crippen molar-refractivity contribution in [1.82, 2.24) is 0 Å². The number of halogens is 4. The van der Waals surface area contributed by atoms with Crippen molar-refractivity contribution in [2.24, 2.45) is 5.73 Å². The molecule has 2 aromatic rings. The molecule has 1 nitrogen and oxygen atoms in total. The zero-order chi connectivity index (χ0) is 14.7. The van der Waals surface area contributed by atoms with Crippen LogP contribution < -0.4 is 5.73 Å². The Hall–Kier alpha value is -1.33. The fourth-order valence-corrected chi connectivity index (χ4v) is 2.39. The van der Waals surface area contributed by atoms with Crippen LogP contribution in [0.4, 0.5) is 13.2 Å². The molecule has 0 aliphatic rings. The lowest BCUT2D eigenvalue weighted by molar-refractivity contribution is 0.530. The normalized spacial score (nSPS) is 12.4. The zero-order valence-electron chi connectivity index (χ0n) is 10.5. The standard InChI is InChI=1S/C15H13BrF3N/c16-13-5-6-14(18)12(15(13)19)8-11(20)7-9-1-3-10(17)4-2-9/h1-6,11H,7-8,20H2. The van der Waals surface area contributed by atoms with Gasteiger partial charge < -0.3 is 5.73 Å². The Kier molecular flexibility index (Phi) is 4.83. The maximum atomic E-state index is 13.8. The minimum absolute atomic E-state index is 0.0333. The molecule has 1 unspecified atom stereocenters. The Morgan fingerprint density at radius 2 is 1.60 bits per heavy atom. The topological polar surface area (TPSA) is 26.0 Å². The van der Waals surface area contributed by atoms with Crippen molar-refractivity contribution in [2.75, 3.05) is 0 Å². The van der Waals surface area contributed by atoms with E-state index >= 15 is 0 Å². The first-order valence-corrected chi connectivity index (χ1v) is 6.89. The van der Waals surface area contributed by atoms with Crippen LogP contribution in [0.3, 0.4) is 0 Å². The van der Waals surface area contributed by atoms with Crippen LogP contribution in [0.5, 0.6) is 0 Å². The van der Waals surface area contributed by atoms with E-state index < -0.39 is 17.7 Å². The van der Waals surface area contributed by atoms with Gasteiger partial charge in [-0.25, -0.2) is 13.2 Å². The van der Waals surface area contributed by atoms with E-state index in [0.717, 1.165) is 5.56 Å². The van der Waals surface area contributed by atoms with Crippen molar-refractivity contribution in [3.63, 3.8) is 0 Å². The van der Waals surface area contributed by atoms with E-state index in [1.807, 2.05) is 0 Å². The minimum atomic E-state index is -0.625. The molecule has 0 fully saturated rings. The van der Waals surface area contributed by atoms with Gasteiger partial charge in [0.15, 0.2) is 0 Å². The fraction of sp³-hybridized carbons (Fsp3) is 0.200. The highest BCUT2D eigenvalue weighted by atomic mass is 79.9. The van der Waals surface area contributed by atoms with Crippen LogP contribution in [0.15, 0.2) is 40.9 Å². The van der Waals surface area contributed by atoms with Gasteiger partial charge in [0.1, 0.15) is 17.5 Å². The molecule has 106 valence electrons. The molecule has 0 amide bonds. The third-order valence-electron chi connectivity index (χ3n) is 3.02. The lowest BCUT2D eigenvalue weighted by Crippen LogP contribution is -2.26. The molecule has 0 aliphatic carbocycles. The van der Waals surface area contributed by atoms with Crippen molar-refractivity contribution in [3.05, 3.63) is 69.4 Å². The molecule has 0 saturated carbocycles. The van der Waals surface area contributed by atoms with Crippen LogP contribution in [0, 0.1) is 17.5 Å². The second-order valence-electron chi connectivity index (χ2n) is 4.62. The monoisotopic (exact) mass is 343 g/mol. The lowest BCUT2D eigenvalue weighted by Gasteiger charge is -2.13. The third kappa shape index (κ3) is 3.61. The smallest absolute Gasteiger partial charge is 0.143 e. The van der Waals surface area contributed by atoms with E-state index in [2.05, 4.69) is 15.9 Å². The van der Waals surface area contributed by atoms with Crippen LogP contribution in [-0.2, 0) is 12.8 Å². The molecule has 0 radical (unpaired) electrons. The Balaban J connectivity index is 2.10. The number of nitrogens with two attached hydrogens (primary N) is 1. The molecule has 0 aromatic heterocycles. The average molecular weight is 344 g/mol. The summed E-state index contributed by atoms with van der Waals surface area (Å²) in [6, 6.07) is 7.97. The minimum Gasteiger partial charge on any atom is -0.327 e. The highest BCUT2D eigenvalue weighted by molar-refractivity contribution is 9.10. The molecule has 1 atom stereocenters. The molecule has 2 aromatic carbocycles. The summed E-state index contributed by atoms with van der Waals surface area (Å²) in [5.74, 6) is -1.56. The number of hydrogen-bond acceptors (Lipinski definition) is 1. The van der Waals surface area contributed by atoms with Crippen LogP contribution in [0.2, 0.25) is 0 Å². The Bertz CT molecular complexity index is 599. The Morgan fingerprint density at radius 3 is 2.25 bits per heavy atom. The van der Waals surface area contributed by atoms with E-state index in [0.29, 0.717) is 6.42 Å². The van der Waals surface area contributed by atoms with Crippen LogP contribution in [0.1, 0.15) is 11.1 Å². The summed E-state index contributed by atoms with van der Waals surface area (Å²) in [6.45, 7) is 0. The average Bonchev–Trinajstić information content (AvgIpc) is 2.42. The number of benzene rings is 2. The van der Waals surface area contributed by atoms with Gasteiger partial charge in [0.2, 0.25) is 0 Å². The summed E-state index contributed by atoms with van der Waals surface area (Å²) in [4.78, 5) is 0. The van der Waals surface area contributed by atoms with Crippen molar-refractivity contribution >= 4 is 15.9 Å². The highest BCUT2D eigenvalue weighted by Gasteiger charge is 2.16. The summed E-state index contributed by atoms with van der Waals surface area (Å²) >= 11 is 3.02. The van der Waals surface area contributed by atoms with Crippen LogP contribution >= 0.6 is 15.9 Å². The van der Waals surface area contributed by atoms with E-state index in [-0.39, 0.29) is 22.3 Å². The van der Waals surface area contributed by atoms with Crippen LogP contribution in [-0.4, -0.2) is 6.04 Å². The van der Waals surface area contributed by atoms with Gasteiger partial charge in [-0.15, -0.1) is 0 Å². The first-order chi connectivity index (χ1) is 9.47. The predicted molar refractivity (Wildman–Crippen MR) is 75.8 cm³/mol. The maximum Gasteiger partial charge on any atom is 0.143 e. The second kappa shape index (κ2) is 6.41. The quantitative estimate of drug-likeness (QED) is 0.835. The van der Waals surface area contributed by atoms with Gasteiger partial charge in [0, 0.05) is 11.6 Å². The predicted octanol–water partition coefficient (Wildman–Crippen LogP) is 3.98. The van der Waals surface area contributed by atoms with Gasteiger partial charge in [-0.2, -0.15) is 0 Å². The molecule has 2 N–H and O–H groups in total. The van der Waals surface area contributed by atoms with E-state index in [9.17, 15) is 13.2 Å². The van der Waals surface area contributed by atoms with Gasteiger partial charge in [-0.05, 0) is 58.6 Å². The largest absolute Gasteiger partial charge is 0.327 e. The van der Waals surface area contributed by atoms with Gasteiger partial charge in [0.05, 0.1) is 4.47 Å². The van der Waals surface area contributed by atoms with E-state index in [4.69, 9.17) is 5.73 Å². The highest BCUT2D eigenvalue weighted by Crippen LogP contribution is 2.23. The molecule has 0 spiro atoms. The van der Waals surface area contributed by atoms with Crippen molar-refractivity contribution in [1.29, 1.82) is 0 Å². The van der Waals surface area contributed by atoms with Crippen LogP contribution in [0.25, 0.3) is 0 Å². The summed E-state index contributed by atoms with van der Waals surface area (Å²) < 4.78 is 40.4. The summed E-state index contributed by atoms with van der Waals surface area (Å²) in [5, 5.41) is 0. The van der Waals surface area contributed by atoms with E-state index in [1.165, 1.54) is 24.3 Å². The molecular formula is C15H13BrF3N. The Morgan fingerprint density at radius 1 is 0.950 bits per heavy atom. The molecular weight excluding hydrogens is 331 g/mol. The summed E-state index contributed by atoms with van der Waals surface area (Å²) in [6.07, 6.45) is 0.500. The maximum absolute atomic E-state index is 13.8. The molecule has 2 rings (SSSR count). The van der Waals surface area contributed by atoms with E-state index in [1.54, 1.807) is 12.1 Å².